The van der Waals surface area contributed by atoms with Crippen LogP contribution in [0.4, 0.5) is 5.69 Å². The van der Waals surface area contributed by atoms with Gasteiger partial charge in [-0.15, -0.1) is 0 Å². The van der Waals surface area contributed by atoms with E-state index >= 15 is 0 Å². The molecule has 0 saturated heterocycles. The fraction of sp³-hybridized carbons (Fsp3) is 0.200. The lowest BCUT2D eigenvalue weighted by molar-refractivity contribution is -0.705. The van der Waals surface area contributed by atoms with Crippen LogP contribution in [0.3, 0.4) is 0 Å². The largest absolute Gasteiger partial charge is 0.503 e. The van der Waals surface area contributed by atoms with Crippen molar-refractivity contribution in [2.45, 2.75) is 19.9 Å². The molecule has 2 N–H and O–H groups in total. The first-order valence-electron chi connectivity index (χ1n) is 6.13. The van der Waals surface area contributed by atoms with E-state index in [4.69, 9.17) is 0 Å². The molecule has 1 aromatic carbocycles. The second-order valence-electron chi connectivity index (χ2n) is 4.54. The van der Waals surface area contributed by atoms with E-state index in [1.165, 1.54) is 6.20 Å². The van der Waals surface area contributed by atoms with Gasteiger partial charge in [0.25, 0.3) is 5.91 Å². The maximum absolute atomic E-state index is 12.1. The smallest absolute Gasteiger partial charge is 0.293 e. The van der Waals surface area contributed by atoms with Gasteiger partial charge in [-0.1, -0.05) is 12.1 Å². The standard InChI is InChI=1S/C15H16N2O2/c1-11-5-3-6-13(9-11)16-15(19)12(2)17-8-4-7-14(18)10-17/h3-10,12H,1-2H3,(H-,16,18,19)/p+1/t12-/m0/s1. The lowest BCUT2D eigenvalue weighted by atomic mass is 10.2. The van der Waals surface area contributed by atoms with E-state index in [-0.39, 0.29) is 11.7 Å². The van der Waals surface area contributed by atoms with Gasteiger partial charge in [0.2, 0.25) is 12.2 Å². The first-order valence-corrected chi connectivity index (χ1v) is 6.13. The minimum Gasteiger partial charge on any atom is -0.503 e. The second kappa shape index (κ2) is 5.52. The molecule has 0 aliphatic carbocycles. The lowest BCUT2D eigenvalue weighted by Gasteiger charge is -2.09. The molecular formula is C15H17N2O2+. The number of carbonyl (C=O) groups is 1. The van der Waals surface area contributed by atoms with Crippen LogP contribution in [0.15, 0.2) is 48.8 Å². The number of nitrogens with one attached hydrogen (secondary N) is 1. The Morgan fingerprint density at radius 3 is 2.79 bits per heavy atom. The zero-order valence-electron chi connectivity index (χ0n) is 11.0. The van der Waals surface area contributed by atoms with Crippen molar-refractivity contribution in [1.82, 2.24) is 0 Å². The quantitative estimate of drug-likeness (QED) is 0.828. The fourth-order valence-electron chi connectivity index (χ4n) is 1.83. The van der Waals surface area contributed by atoms with Crippen molar-refractivity contribution in [2.75, 3.05) is 5.32 Å². The number of hydrogen-bond donors (Lipinski definition) is 2. The van der Waals surface area contributed by atoms with Crippen LogP contribution in [0.2, 0.25) is 0 Å². The average molecular weight is 257 g/mol. The van der Waals surface area contributed by atoms with E-state index in [1.54, 1.807) is 29.8 Å². The highest BCUT2D eigenvalue weighted by molar-refractivity contribution is 5.92. The van der Waals surface area contributed by atoms with Gasteiger partial charge in [-0.05, 0) is 30.7 Å². The maximum Gasteiger partial charge on any atom is 0.293 e. The Hall–Kier alpha value is -2.36. The van der Waals surface area contributed by atoms with E-state index < -0.39 is 6.04 Å². The molecule has 0 radical (unpaired) electrons. The minimum atomic E-state index is -0.396. The molecule has 1 atom stereocenters. The third-order valence-corrected chi connectivity index (χ3v) is 2.92. The molecule has 0 saturated carbocycles. The van der Waals surface area contributed by atoms with Gasteiger partial charge in [0, 0.05) is 18.7 Å². The summed E-state index contributed by atoms with van der Waals surface area (Å²) in [5, 5.41) is 12.3. The van der Waals surface area contributed by atoms with E-state index in [0.717, 1.165) is 11.3 Å². The zero-order valence-corrected chi connectivity index (χ0v) is 11.0. The summed E-state index contributed by atoms with van der Waals surface area (Å²) in [5.74, 6) is 0.0129. The fourth-order valence-corrected chi connectivity index (χ4v) is 1.83. The summed E-state index contributed by atoms with van der Waals surface area (Å²) in [7, 11) is 0. The predicted molar refractivity (Wildman–Crippen MR) is 72.8 cm³/mol. The number of aromatic hydroxyl groups is 1. The highest BCUT2D eigenvalue weighted by Gasteiger charge is 2.22. The molecule has 0 spiro atoms. The molecule has 19 heavy (non-hydrogen) atoms. The van der Waals surface area contributed by atoms with Gasteiger partial charge in [0.15, 0.2) is 11.9 Å². The molecule has 0 fully saturated rings. The lowest BCUT2D eigenvalue weighted by Crippen LogP contribution is -2.43. The van der Waals surface area contributed by atoms with Crippen LogP contribution in [-0.4, -0.2) is 11.0 Å². The molecule has 1 aromatic heterocycles. The number of rotatable bonds is 3. The predicted octanol–water partition coefficient (Wildman–Crippen LogP) is 2.19. The van der Waals surface area contributed by atoms with Crippen LogP contribution in [0.1, 0.15) is 18.5 Å². The van der Waals surface area contributed by atoms with Crippen LogP contribution < -0.4 is 9.88 Å². The third-order valence-electron chi connectivity index (χ3n) is 2.92. The SMILES string of the molecule is Cc1cccc(NC(=O)[C@H](C)[n+]2cccc(O)c2)c1. The van der Waals surface area contributed by atoms with Gasteiger partial charge in [-0.25, -0.2) is 0 Å². The Kier molecular flexibility index (Phi) is 3.80. The zero-order chi connectivity index (χ0) is 13.8. The Labute approximate surface area is 112 Å². The van der Waals surface area contributed by atoms with Crippen LogP contribution >= 0.6 is 0 Å². The number of amides is 1. The molecular weight excluding hydrogens is 240 g/mol. The van der Waals surface area contributed by atoms with Gasteiger partial charge in [0.05, 0.1) is 0 Å². The number of benzene rings is 1. The molecule has 4 heteroatoms. The van der Waals surface area contributed by atoms with Gasteiger partial charge in [-0.3, -0.25) is 4.79 Å². The molecule has 0 bridgehead atoms. The van der Waals surface area contributed by atoms with Gasteiger partial charge in [0.1, 0.15) is 0 Å². The summed E-state index contributed by atoms with van der Waals surface area (Å²) in [5.41, 5.74) is 1.87. The summed E-state index contributed by atoms with van der Waals surface area (Å²) in [6.45, 7) is 3.76. The number of hydrogen-bond acceptors (Lipinski definition) is 2. The average Bonchev–Trinajstić information content (AvgIpc) is 2.38. The summed E-state index contributed by atoms with van der Waals surface area (Å²) in [6, 6.07) is 10.5. The molecule has 1 heterocycles. The van der Waals surface area contributed by atoms with Crippen molar-refractivity contribution >= 4 is 11.6 Å². The maximum atomic E-state index is 12.1. The van der Waals surface area contributed by atoms with E-state index in [1.807, 2.05) is 31.2 Å². The van der Waals surface area contributed by atoms with Crippen molar-refractivity contribution < 1.29 is 14.5 Å². The first kappa shape index (κ1) is 13.1. The van der Waals surface area contributed by atoms with Crippen LogP contribution in [0.5, 0.6) is 5.75 Å². The van der Waals surface area contributed by atoms with Crippen molar-refractivity contribution in [3.63, 3.8) is 0 Å². The number of aryl methyl sites for hydroxylation is 1. The van der Waals surface area contributed by atoms with Crippen molar-refractivity contribution in [1.29, 1.82) is 0 Å². The van der Waals surface area contributed by atoms with Crippen LogP contribution in [0.25, 0.3) is 0 Å². The van der Waals surface area contributed by atoms with Crippen LogP contribution in [0, 0.1) is 6.92 Å². The number of pyridine rings is 1. The summed E-state index contributed by atoms with van der Waals surface area (Å²) in [4.78, 5) is 12.1. The van der Waals surface area contributed by atoms with Crippen molar-refractivity contribution in [2.24, 2.45) is 0 Å². The molecule has 2 aromatic rings. The number of nitrogens with zero attached hydrogens (tertiary/aromatic N) is 1. The summed E-state index contributed by atoms with van der Waals surface area (Å²) < 4.78 is 1.67. The molecule has 0 aliphatic rings. The Bertz CT molecular complexity index is 596. The normalized spacial score (nSPS) is 11.9. The van der Waals surface area contributed by atoms with Crippen molar-refractivity contribution in [3.05, 3.63) is 54.4 Å². The molecule has 1 amide bonds. The van der Waals surface area contributed by atoms with E-state index in [2.05, 4.69) is 5.32 Å². The Morgan fingerprint density at radius 1 is 1.32 bits per heavy atom. The number of anilines is 1. The highest BCUT2D eigenvalue weighted by atomic mass is 16.3. The van der Waals surface area contributed by atoms with Gasteiger partial charge in [-0.2, -0.15) is 4.57 Å². The Balaban J connectivity index is 2.12. The minimum absolute atomic E-state index is 0.124. The monoisotopic (exact) mass is 257 g/mol. The van der Waals surface area contributed by atoms with Gasteiger partial charge >= 0.3 is 0 Å². The van der Waals surface area contributed by atoms with Crippen molar-refractivity contribution in [3.8, 4) is 5.75 Å². The molecule has 2 rings (SSSR count). The summed E-state index contributed by atoms with van der Waals surface area (Å²) >= 11 is 0. The summed E-state index contributed by atoms with van der Waals surface area (Å²) in [6.07, 6.45) is 3.28. The second-order valence-corrected chi connectivity index (χ2v) is 4.54. The first-order chi connectivity index (χ1) is 9.06. The topological polar surface area (TPSA) is 53.2 Å². The van der Waals surface area contributed by atoms with Crippen LogP contribution in [-0.2, 0) is 4.79 Å². The van der Waals surface area contributed by atoms with E-state index in [0.29, 0.717) is 0 Å². The third kappa shape index (κ3) is 3.31. The van der Waals surface area contributed by atoms with Gasteiger partial charge < -0.3 is 10.4 Å². The Morgan fingerprint density at radius 2 is 2.11 bits per heavy atom. The number of carbonyl (C=O) groups excluding carboxylic acids is 1. The molecule has 0 aliphatic heterocycles. The molecule has 0 unspecified atom stereocenters. The molecule has 98 valence electrons. The highest BCUT2D eigenvalue weighted by Crippen LogP contribution is 2.11. The molecule has 4 nitrogen and oxygen atoms in total. The number of aromatic nitrogens is 1. The van der Waals surface area contributed by atoms with E-state index in [9.17, 15) is 9.90 Å².